The normalized spacial score (nSPS) is 8.64. The predicted molar refractivity (Wildman–Crippen MR) is 51.6 cm³/mol. The highest BCUT2D eigenvalue weighted by molar-refractivity contribution is 5.88. The number of benzene rings is 1. The molecule has 1 N–H and O–H groups in total. The van der Waals surface area contributed by atoms with Gasteiger partial charge < -0.3 is 9.84 Å². The van der Waals surface area contributed by atoms with Crippen molar-refractivity contribution in [2.75, 3.05) is 7.11 Å². The van der Waals surface area contributed by atoms with Crippen LogP contribution < -0.4 is 0 Å². The lowest BCUT2D eigenvalue weighted by Crippen LogP contribution is -1.94. The summed E-state index contributed by atoms with van der Waals surface area (Å²) in [5, 5.41) is 9.00. The minimum atomic E-state index is -0.538. The fourth-order valence-electron chi connectivity index (χ4n) is 0.883. The molecule has 0 radical (unpaired) electrons. The van der Waals surface area contributed by atoms with Gasteiger partial charge in [-0.05, 0) is 17.7 Å². The number of ether oxygens (including phenoxy) is 1. The quantitative estimate of drug-likeness (QED) is 0.410. The van der Waals surface area contributed by atoms with Crippen molar-refractivity contribution in [1.82, 2.24) is 0 Å². The van der Waals surface area contributed by atoms with Crippen LogP contribution in [0.3, 0.4) is 0 Å². The zero-order chi connectivity index (χ0) is 10.4. The molecule has 0 atom stereocenters. The second-order valence-electron chi connectivity index (χ2n) is 2.64. The van der Waals surface area contributed by atoms with Gasteiger partial charge in [-0.1, -0.05) is 18.1 Å². The van der Waals surface area contributed by atoms with Gasteiger partial charge in [-0.2, -0.15) is 0 Å². The van der Waals surface area contributed by atoms with Crippen molar-refractivity contribution in [3.63, 3.8) is 0 Å². The van der Waals surface area contributed by atoms with Crippen LogP contribution in [-0.2, 0) is 16.0 Å². The van der Waals surface area contributed by atoms with Crippen LogP contribution in [0, 0.1) is 11.8 Å². The Morgan fingerprint density at radius 2 is 2.07 bits per heavy atom. The zero-order valence-electron chi connectivity index (χ0n) is 7.78. The van der Waals surface area contributed by atoms with Crippen molar-refractivity contribution < 1.29 is 14.6 Å². The van der Waals surface area contributed by atoms with E-state index in [0.29, 0.717) is 6.42 Å². The number of phenols is 1. The van der Waals surface area contributed by atoms with E-state index < -0.39 is 5.97 Å². The third kappa shape index (κ3) is 3.20. The van der Waals surface area contributed by atoms with Crippen molar-refractivity contribution in [3.8, 4) is 17.6 Å². The fraction of sp³-hybridized carbons (Fsp3) is 0.182. The zero-order valence-corrected chi connectivity index (χ0v) is 7.78. The summed E-state index contributed by atoms with van der Waals surface area (Å²) in [5.41, 5.74) is 0.944. The van der Waals surface area contributed by atoms with Crippen molar-refractivity contribution in [3.05, 3.63) is 29.8 Å². The lowest BCUT2D eigenvalue weighted by Gasteiger charge is -1.94. The molecule has 0 fully saturated rings. The average Bonchev–Trinajstić information content (AvgIpc) is 2.21. The Labute approximate surface area is 82.3 Å². The van der Waals surface area contributed by atoms with E-state index in [1.54, 1.807) is 24.3 Å². The van der Waals surface area contributed by atoms with Crippen molar-refractivity contribution >= 4 is 5.97 Å². The van der Waals surface area contributed by atoms with Crippen molar-refractivity contribution in [1.29, 1.82) is 0 Å². The topological polar surface area (TPSA) is 46.5 Å². The summed E-state index contributed by atoms with van der Waals surface area (Å²) in [5.74, 6) is 4.67. The molecule has 0 saturated carbocycles. The van der Waals surface area contributed by atoms with Gasteiger partial charge in [0.1, 0.15) is 5.75 Å². The first-order chi connectivity index (χ1) is 6.72. The number of hydrogen-bond donors (Lipinski definition) is 1. The molecule has 0 heterocycles. The molecular weight excluding hydrogens is 180 g/mol. The number of aromatic hydroxyl groups is 1. The monoisotopic (exact) mass is 190 g/mol. The predicted octanol–water partition coefficient (Wildman–Crippen LogP) is 1.11. The van der Waals surface area contributed by atoms with Crippen LogP contribution in [0.15, 0.2) is 24.3 Å². The van der Waals surface area contributed by atoms with Gasteiger partial charge in [0.15, 0.2) is 0 Å². The molecule has 14 heavy (non-hydrogen) atoms. The molecule has 0 aliphatic carbocycles. The minimum absolute atomic E-state index is 0.217. The SMILES string of the molecule is COC(=O)C#CCc1ccc(O)cc1. The van der Waals surface area contributed by atoms with Crippen LogP contribution in [-0.4, -0.2) is 18.2 Å². The summed E-state index contributed by atoms with van der Waals surface area (Å²) in [6.07, 6.45) is 0.468. The largest absolute Gasteiger partial charge is 0.508 e. The second-order valence-corrected chi connectivity index (χ2v) is 2.64. The maximum Gasteiger partial charge on any atom is 0.384 e. The van der Waals surface area contributed by atoms with Crippen molar-refractivity contribution in [2.45, 2.75) is 6.42 Å². The Kier molecular flexibility index (Phi) is 3.57. The Morgan fingerprint density at radius 1 is 1.43 bits per heavy atom. The molecule has 0 amide bonds. The Balaban J connectivity index is 2.56. The molecule has 3 nitrogen and oxygen atoms in total. The molecule has 0 unspecified atom stereocenters. The van der Waals surface area contributed by atoms with Crippen LogP contribution in [0.5, 0.6) is 5.75 Å². The lowest BCUT2D eigenvalue weighted by molar-refractivity contribution is -0.133. The van der Waals surface area contributed by atoms with Gasteiger partial charge in [0.25, 0.3) is 0 Å². The maximum absolute atomic E-state index is 10.6. The molecule has 0 bridgehead atoms. The van der Waals surface area contributed by atoms with Crippen LogP contribution in [0.4, 0.5) is 0 Å². The lowest BCUT2D eigenvalue weighted by atomic mass is 10.1. The van der Waals surface area contributed by atoms with E-state index in [4.69, 9.17) is 5.11 Å². The van der Waals surface area contributed by atoms with Crippen LogP contribution in [0.1, 0.15) is 5.56 Å². The molecule has 0 aliphatic rings. The number of carbonyl (C=O) groups excluding carboxylic acids is 1. The summed E-state index contributed by atoms with van der Waals surface area (Å²) in [7, 11) is 1.29. The Morgan fingerprint density at radius 3 is 2.64 bits per heavy atom. The fourth-order valence-corrected chi connectivity index (χ4v) is 0.883. The molecule has 1 rings (SSSR count). The number of hydrogen-bond acceptors (Lipinski definition) is 3. The summed E-state index contributed by atoms with van der Waals surface area (Å²) >= 11 is 0. The Bertz CT molecular complexity index is 368. The van der Waals surface area contributed by atoms with E-state index in [1.807, 2.05) is 0 Å². The maximum atomic E-state index is 10.6. The van der Waals surface area contributed by atoms with Gasteiger partial charge in [0, 0.05) is 12.3 Å². The standard InChI is InChI=1S/C11H10O3/c1-14-11(13)4-2-3-9-5-7-10(12)8-6-9/h5-8,12H,3H2,1H3. The van der Waals surface area contributed by atoms with E-state index >= 15 is 0 Å². The summed E-state index contributed by atoms with van der Waals surface area (Å²) < 4.78 is 4.35. The first-order valence-electron chi connectivity index (χ1n) is 4.07. The smallest absolute Gasteiger partial charge is 0.384 e. The van der Waals surface area contributed by atoms with Gasteiger partial charge >= 0.3 is 5.97 Å². The van der Waals surface area contributed by atoms with Crippen LogP contribution in [0.25, 0.3) is 0 Å². The summed E-state index contributed by atoms with van der Waals surface area (Å²) in [4.78, 5) is 10.6. The third-order valence-electron chi connectivity index (χ3n) is 1.60. The van der Waals surface area contributed by atoms with Gasteiger partial charge in [-0.3, -0.25) is 0 Å². The highest BCUT2D eigenvalue weighted by atomic mass is 16.5. The number of esters is 1. The van der Waals surface area contributed by atoms with Gasteiger partial charge in [0.05, 0.1) is 7.11 Å². The van der Waals surface area contributed by atoms with Crippen LogP contribution in [0.2, 0.25) is 0 Å². The highest BCUT2D eigenvalue weighted by Crippen LogP contribution is 2.09. The third-order valence-corrected chi connectivity index (χ3v) is 1.60. The molecular formula is C11H10O3. The molecule has 3 heteroatoms. The molecule has 0 aliphatic heterocycles. The van der Waals surface area contributed by atoms with E-state index in [-0.39, 0.29) is 5.75 Å². The first-order valence-corrected chi connectivity index (χ1v) is 4.07. The number of phenolic OH excluding ortho intramolecular Hbond substituents is 1. The highest BCUT2D eigenvalue weighted by Gasteiger charge is 1.91. The molecule has 1 aromatic carbocycles. The van der Waals surface area contributed by atoms with Gasteiger partial charge in [-0.25, -0.2) is 4.79 Å². The van der Waals surface area contributed by atoms with E-state index in [0.717, 1.165) is 5.56 Å². The van der Waals surface area contributed by atoms with Gasteiger partial charge in [0.2, 0.25) is 0 Å². The summed E-state index contributed by atoms with van der Waals surface area (Å²) in [6, 6.07) is 6.66. The molecule has 1 aromatic rings. The number of carbonyl (C=O) groups is 1. The van der Waals surface area contributed by atoms with Crippen molar-refractivity contribution in [2.24, 2.45) is 0 Å². The van der Waals surface area contributed by atoms with Crippen LogP contribution >= 0.6 is 0 Å². The number of rotatable bonds is 1. The molecule has 0 saturated heterocycles. The average molecular weight is 190 g/mol. The first kappa shape index (κ1) is 10.1. The minimum Gasteiger partial charge on any atom is -0.508 e. The molecule has 0 spiro atoms. The number of methoxy groups -OCH3 is 1. The van der Waals surface area contributed by atoms with E-state index in [1.165, 1.54) is 7.11 Å². The van der Waals surface area contributed by atoms with E-state index in [9.17, 15) is 4.79 Å². The Hall–Kier alpha value is -1.95. The van der Waals surface area contributed by atoms with E-state index in [2.05, 4.69) is 16.6 Å². The molecule has 0 aromatic heterocycles. The molecule has 72 valence electrons. The van der Waals surface area contributed by atoms with Gasteiger partial charge in [-0.15, -0.1) is 0 Å². The second kappa shape index (κ2) is 4.93. The summed E-state index contributed by atoms with van der Waals surface area (Å²) in [6.45, 7) is 0.